The van der Waals surface area contributed by atoms with Crippen molar-refractivity contribution in [3.05, 3.63) is 42.5 Å². The summed E-state index contributed by atoms with van der Waals surface area (Å²) in [5.74, 6) is 0.370. The van der Waals surface area contributed by atoms with Gasteiger partial charge in [-0.2, -0.15) is 0 Å². The minimum Gasteiger partial charge on any atom is -0.391 e. The van der Waals surface area contributed by atoms with Crippen LogP contribution < -0.4 is 16.0 Å². The Morgan fingerprint density at radius 1 is 1.24 bits per heavy atom. The van der Waals surface area contributed by atoms with Gasteiger partial charge in [-0.05, 0) is 37.8 Å². The van der Waals surface area contributed by atoms with E-state index >= 15 is 0 Å². The van der Waals surface area contributed by atoms with Gasteiger partial charge >= 0.3 is 0 Å². The summed E-state index contributed by atoms with van der Waals surface area (Å²) in [6.45, 7) is 4.31. The van der Waals surface area contributed by atoms with Crippen LogP contribution in [0.1, 0.15) is 69.3 Å². The van der Waals surface area contributed by atoms with E-state index in [1.807, 2.05) is 6.07 Å². The molecule has 1 saturated carbocycles. The number of aliphatic hydroxyl groups is 1. The van der Waals surface area contributed by atoms with Gasteiger partial charge in [0.2, 0.25) is 0 Å². The highest BCUT2D eigenvalue weighted by atomic mass is 16.3. The number of hydrogen-bond acceptors (Lipinski definition) is 7. The summed E-state index contributed by atoms with van der Waals surface area (Å²) in [4.78, 5) is 21.5. The zero-order valence-electron chi connectivity index (χ0n) is 19.3. The minimum absolute atomic E-state index is 0.0544. The van der Waals surface area contributed by atoms with Crippen molar-refractivity contribution in [1.29, 1.82) is 0 Å². The molecule has 3 aromatic heterocycles. The average molecular weight is 452 g/mol. The molecule has 1 fully saturated rings. The Balaban J connectivity index is 1.69. The van der Waals surface area contributed by atoms with Crippen LogP contribution >= 0.6 is 0 Å². The fourth-order valence-corrected chi connectivity index (χ4v) is 4.35. The van der Waals surface area contributed by atoms with E-state index in [1.54, 1.807) is 29.0 Å². The number of nitrogens with zero attached hydrogens (tertiary/aromatic N) is 4. The lowest BCUT2D eigenvalue weighted by molar-refractivity contribution is 0.102. The number of fused-ring (bicyclic) bond motifs is 1. The first kappa shape index (κ1) is 23.0. The molecule has 3 heterocycles. The summed E-state index contributed by atoms with van der Waals surface area (Å²) in [7, 11) is 0. The van der Waals surface area contributed by atoms with Crippen molar-refractivity contribution in [2.45, 2.75) is 77.0 Å². The summed E-state index contributed by atoms with van der Waals surface area (Å²) in [6, 6.07) is 5.63. The van der Waals surface area contributed by atoms with Crippen molar-refractivity contribution in [3.63, 3.8) is 0 Å². The Bertz CT molecular complexity index is 1070. The second-order valence-corrected chi connectivity index (χ2v) is 8.65. The fourth-order valence-electron chi connectivity index (χ4n) is 4.35. The molecule has 0 radical (unpaired) electrons. The second-order valence-electron chi connectivity index (χ2n) is 8.65. The van der Waals surface area contributed by atoms with Gasteiger partial charge in [-0.3, -0.25) is 9.78 Å². The van der Waals surface area contributed by atoms with Crippen LogP contribution in [0.4, 0.5) is 17.2 Å². The van der Waals surface area contributed by atoms with Gasteiger partial charge in [0.05, 0.1) is 24.0 Å². The maximum Gasteiger partial charge on any atom is 0.276 e. The van der Waals surface area contributed by atoms with Crippen LogP contribution in [0.25, 0.3) is 5.65 Å². The largest absolute Gasteiger partial charge is 0.391 e. The van der Waals surface area contributed by atoms with Crippen LogP contribution in [-0.4, -0.2) is 48.8 Å². The molecule has 0 spiro atoms. The summed E-state index contributed by atoms with van der Waals surface area (Å²) in [6.07, 6.45) is 11.2. The molecule has 1 aliphatic rings. The second kappa shape index (κ2) is 10.6. The molecule has 4 N–H and O–H groups in total. The molecule has 9 nitrogen and oxygen atoms in total. The molecular weight excluding hydrogens is 418 g/mol. The van der Waals surface area contributed by atoms with E-state index in [1.165, 1.54) is 6.20 Å². The van der Waals surface area contributed by atoms with Gasteiger partial charge < -0.3 is 21.1 Å². The van der Waals surface area contributed by atoms with Crippen LogP contribution in [0.15, 0.2) is 36.8 Å². The normalized spacial score (nSPS) is 19.2. The molecule has 0 aromatic carbocycles. The highest BCUT2D eigenvalue weighted by Crippen LogP contribution is 2.27. The lowest BCUT2D eigenvalue weighted by Gasteiger charge is -2.29. The molecule has 176 valence electrons. The van der Waals surface area contributed by atoms with Crippen LogP contribution in [0.5, 0.6) is 0 Å². The molecule has 3 atom stereocenters. The van der Waals surface area contributed by atoms with Crippen molar-refractivity contribution >= 4 is 28.7 Å². The van der Waals surface area contributed by atoms with Crippen LogP contribution in [0.2, 0.25) is 0 Å². The van der Waals surface area contributed by atoms with Crippen molar-refractivity contribution in [1.82, 2.24) is 19.6 Å². The van der Waals surface area contributed by atoms with Gasteiger partial charge in [-0.25, -0.2) is 9.50 Å². The number of carbonyl (C=O) groups excluding carboxylic acids is 1. The quantitative estimate of drug-likeness (QED) is 0.387. The number of aliphatic hydroxyl groups excluding tert-OH is 1. The van der Waals surface area contributed by atoms with E-state index in [0.717, 1.165) is 50.6 Å². The monoisotopic (exact) mass is 451 g/mol. The predicted octanol–water partition coefficient (Wildman–Crippen LogP) is 4.08. The molecule has 0 saturated heterocycles. The summed E-state index contributed by atoms with van der Waals surface area (Å²) < 4.78 is 1.58. The molecule has 9 heteroatoms. The Labute approximate surface area is 194 Å². The number of carbonyl (C=O) groups is 1. The van der Waals surface area contributed by atoms with E-state index in [2.05, 4.69) is 39.8 Å². The van der Waals surface area contributed by atoms with Gasteiger partial charge in [-0.15, -0.1) is 5.10 Å². The van der Waals surface area contributed by atoms with Crippen molar-refractivity contribution in [2.24, 2.45) is 0 Å². The maximum atomic E-state index is 13.0. The number of rotatable bonds is 9. The topological polar surface area (TPSA) is 116 Å². The van der Waals surface area contributed by atoms with Gasteiger partial charge in [0.1, 0.15) is 5.82 Å². The lowest BCUT2D eigenvalue weighted by Crippen LogP contribution is -2.36. The Hall–Kier alpha value is -3.20. The Kier molecular flexibility index (Phi) is 7.39. The van der Waals surface area contributed by atoms with Crippen LogP contribution in [0.3, 0.4) is 0 Å². The van der Waals surface area contributed by atoms with E-state index in [9.17, 15) is 9.90 Å². The molecule has 1 aliphatic carbocycles. The summed E-state index contributed by atoms with van der Waals surface area (Å²) >= 11 is 0. The SMILES string of the molecule is CCCC(CC)Nc1cc(NC2CCCCC2O)c2ncc(C(=O)Nc3ccncc3)n2n1. The van der Waals surface area contributed by atoms with E-state index in [0.29, 0.717) is 22.8 Å². The van der Waals surface area contributed by atoms with Crippen molar-refractivity contribution in [3.8, 4) is 0 Å². The third-order valence-corrected chi connectivity index (χ3v) is 6.19. The Morgan fingerprint density at radius 2 is 2.03 bits per heavy atom. The van der Waals surface area contributed by atoms with E-state index in [4.69, 9.17) is 5.10 Å². The molecule has 33 heavy (non-hydrogen) atoms. The van der Waals surface area contributed by atoms with Crippen molar-refractivity contribution in [2.75, 3.05) is 16.0 Å². The third kappa shape index (κ3) is 5.42. The first-order chi connectivity index (χ1) is 16.1. The number of imidazole rings is 1. The first-order valence-electron chi connectivity index (χ1n) is 11.9. The summed E-state index contributed by atoms with van der Waals surface area (Å²) in [5.41, 5.74) is 2.30. The molecule has 0 aliphatic heterocycles. The smallest absolute Gasteiger partial charge is 0.276 e. The van der Waals surface area contributed by atoms with Crippen LogP contribution in [0, 0.1) is 0 Å². The number of amides is 1. The number of hydrogen-bond donors (Lipinski definition) is 4. The minimum atomic E-state index is -0.406. The van der Waals surface area contributed by atoms with Gasteiger partial charge in [0, 0.05) is 30.2 Å². The van der Waals surface area contributed by atoms with Gasteiger partial charge in [0.15, 0.2) is 11.3 Å². The van der Waals surface area contributed by atoms with E-state index < -0.39 is 6.10 Å². The summed E-state index contributed by atoms with van der Waals surface area (Å²) in [5, 5.41) is 25.1. The molecule has 3 aromatic rings. The molecule has 1 amide bonds. The molecule has 3 unspecified atom stereocenters. The number of nitrogens with one attached hydrogen (secondary N) is 3. The highest BCUT2D eigenvalue weighted by molar-refractivity contribution is 6.03. The lowest BCUT2D eigenvalue weighted by atomic mass is 9.92. The average Bonchev–Trinajstić information content (AvgIpc) is 3.25. The van der Waals surface area contributed by atoms with Crippen LogP contribution in [-0.2, 0) is 0 Å². The van der Waals surface area contributed by atoms with Gasteiger partial charge in [-0.1, -0.05) is 33.1 Å². The fraction of sp³-hybridized carbons (Fsp3) is 0.500. The first-order valence-corrected chi connectivity index (χ1v) is 11.9. The number of aromatic nitrogens is 4. The number of pyridine rings is 1. The molecule has 4 rings (SSSR count). The van der Waals surface area contributed by atoms with Gasteiger partial charge in [0.25, 0.3) is 5.91 Å². The zero-order valence-corrected chi connectivity index (χ0v) is 19.3. The highest BCUT2D eigenvalue weighted by Gasteiger charge is 2.25. The molecule has 0 bridgehead atoms. The third-order valence-electron chi connectivity index (χ3n) is 6.19. The number of anilines is 3. The standard InChI is InChI=1S/C24H33N7O2/c1-3-7-16(4-2)27-22-14-19(29-18-8-5-6-9-21(18)32)23-26-15-20(31(23)30-22)24(33)28-17-10-12-25-13-11-17/h10-16,18,21,29,32H,3-9H2,1-2H3,(H,27,30)(H,25,28,33). The molecular formula is C24H33N7O2. The van der Waals surface area contributed by atoms with E-state index in [-0.39, 0.29) is 18.0 Å². The Morgan fingerprint density at radius 3 is 2.76 bits per heavy atom. The zero-order chi connectivity index (χ0) is 23.2. The predicted molar refractivity (Wildman–Crippen MR) is 130 cm³/mol. The maximum absolute atomic E-state index is 13.0. The van der Waals surface area contributed by atoms with Crippen molar-refractivity contribution < 1.29 is 9.90 Å².